The molecule has 2 aromatic heterocycles. The van der Waals surface area contributed by atoms with Crippen LogP contribution < -0.4 is 5.32 Å². The molecule has 0 spiro atoms. The zero-order valence-corrected chi connectivity index (χ0v) is 15.5. The number of aromatic amines is 1. The van der Waals surface area contributed by atoms with E-state index in [1.165, 1.54) is 10.1 Å². The van der Waals surface area contributed by atoms with Crippen LogP contribution in [-0.4, -0.2) is 28.9 Å². The number of hydrogen-bond acceptors (Lipinski definition) is 4. The van der Waals surface area contributed by atoms with Gasteiger partial charge in [0.2, 0.25) is 0 Å². The lowest BCUT2D eigenvalue weighted by atomic mass is 10.1. The normalized spacial score (nSPS) is 17.4. The molecule has 1 aliphatic heterocycles. The molecule has 2 N–H and O–H groups in total. The topological polar surface area (TPSA) is 67.0 Å². The molecule has 6 heteroatoms. The van der Waals surface area contributed by atoms with Crippen LogP contribution in [0.25, 0.3) is 31.6 Å². The predicted molar refractivity (Wildman–Crippen MR) is 108 cm³/mol. The number of nitrogens with zero attached hydrogens (tertiary/aromatic N) is 1. The summed E-state index contributed by atoms with van der Waals surface area (Å²) in [5.41, 5.74) is 2.43. The van der Waals surface area contributed by atoms with Crippen molar-refractivity contribution < 1.29 is 9.53 Å². The molecule has 2 aromatic carbocycles. The SMILES string of the molecule is O=C(NC1CCCCO1)c1ccc2[nH]nc(-c3cc4ccccc4s3)c2c1. The summed E-state index contributed by atoms with van der Waals surface area (Å²) in [5, 5.41) is 12.7. The summed E-state index contributed by atoms with van der Waals surface area (Å²) in [5.74, 6) is -0.104. The first-order chi connectivity index (χ1) is 13.3. The third kappa shape index (κ3) is 3.11. The molecule has 0 bridgehead atoms. The van der Waals surface area contributed by atoms with Crippen molar-refractivity contribution in [2.75, 3.05) is 6.61 Å². The van der Waals surface area contributed by atoms with Crippen molar-refractivity contribution in [1.29, 1.82) is 0 Å². The smallest absolute Gasteiger partial charge is 0.253 e. The number of aromatic nitrogens is 2. The van der Waals surface area contributed by atoms with Gasteiger partial charge in [-0.15, -0.1) is 11.3 Å². The minimum atomic E-state index is -0.187. The Kier molecular flexibility index (Phi) is 4.14. The van der Waals surface area contributed by atoms with Gasteiger partial charge in [-0.3, -0.25) is 9.89 Å². The number of carbonyl (C=O) groups is 1. The fourth-order valence-corrected chi connectivity index (χ4v) is 4.59. The second-order valence-corrected chi connectivity index (χ2v) is 7.89. The molecule has 1 saturated heterocycles. The largest absolute Gasteiger partial charge is 0.359 e. The molecule has 1 atom stereocenters. The molecule has 1 amide bonds. The van der Waals surface area contributed by atoms with Crippen LogP contribution in [0.3, 0.4) is 0 Å². The summed E-state index contributed by atoms with van der Waals surface area (Å²) in [4.78, 5) is 13.7. The maximum absolute atomic E-state index is 12.6. The van der Waals surface area contributed by atoms with Crippen LogP contribution in [0.1, 0.15) is 29.6 Å². The molecule has 4 aromatic rings. The number of amides is 1. The van der Waals surface area contributed by atoms with Gasteiger partial charge in [0.15, 0.2) is 0 Å². The number of ether oxygens (including phenoxy) is 1. The van der Waals surface area contributed by atoms with Gasteiger partial charge in [0.25, 0.3) is 5.91 Å². The van der Waals surface area contributed by atoms with Crippen molar-refractivity contribution in [3.8, 4) is 10.6 Å². The Labute approximate surface area is 160 Å². The minimum Gasteiger partial charge on any atom is -0.359 e. The molecule has 5 rings (SSSR count). The quantitative estimate of drug-likeness (QED) is 0.544. The zero-order valence-electron chi connectivity index (χ0n) is 14.7. The average Bonchev–Trinajstić information content (AvgIpc) is 3.31. The molecular weight excluding hydrogens is 358 g/mol. The van der Waals surface area contributed by atoms with Crippen LogP contribution in [0.2, 0.25) is 0 Å². The number of thiophene rings is 1. The Balaban J connectivity index is 1.49. The Bertz CT molecular complexity index is 1090. The molecule has 0 saturated carbocycles. The number of fused-ring (bicyclic) bond motifs is 2. The molecule has 1 fully saturated rings. The van der Waals surface area contributed by atoms with Crippen molar-refractivity contribution >= 4 is 38.2 Å². The monoisotopic (exact) mass is 377 g/mol. The Morgan fingerprint density at radius 1 is 1.19 bits per heavy atom. The maximum Gasteiger partial charge on any atom is 0.253 e. The summed E-state index contributed by atoms with van der Waals surface area (Å²) < 4.78 is 6.85. The van der Waals surface area contributed by atoms with E-state index >= 15 is 0 Å². The lowest BCUT2D eigenvalue weighted by molar-refractivity contribution is -0.00265. The molecule has 0 radical (unpaired) electrons. The van der Waals surface area contributed by atoms with Crippen LogP contribution in [0.4, 0.5) is 0 Å². The van der Waals surface area contributed by atoms with Gasteiger partial charge < -0.3 is 10.1 Å². The molecule has 5 nitrogen and oxygen atoms in total. The fraction of sp³-hybridized carbons (Fsp3) is 0.238. The fourth-order valence-electron chi connectivity index (χ4n) is 3.53. The summed E-state index contributed by atoms with van der Waals surface area (Å²) in [6.07, 6.45) is 2.83. The van der Waals surface area contributed by atoms with Crippen molar-refractivity contribution in [1.82, 2.24) is 15.5 Å². The van der Waals surface area contributed by atoms with E-state index in [1.54, 1.807) is 11.3 Å². The Morgan fingerprint density at radius 3 is 2.96 bits per heavy atom. The number of rotatable bonds is 3. The number of nitrogens with one attached hydrogen (secondary N) is 2. The molecule has 136 valence electrons. The van der Waals surface area contributed by atoms with Crippen LogP contribution in [0.5, 0.6) is 0 Å². The first-order valence-corrected chi connectivity index (χ1v) is 9.99. The average molecular weight is 377 g/mol. The third-order valence-electron chi connectivity index (χ3n) is 4.96. The van der Waals surface area contributed by atoms with E-state index in [4.69, 9.17) is 4.74 Å². The van der Waals surface area contributed by atoms with Crippen molar-refractivity contribution in [3.05, 3.63) is 54.1 Å². The molecule has 1 aliphatic rings. The molecule has 3 heterocycles. The van der Waals surface area contributed by atoms with E-state index < -0.39 is 0 Å². The summed E-state index contributed by atoms with van der Waals surface area (Å²) in [6.45, 7) is 0.710. The molecule has 1 unspecified atom stereocenters. The predicted octanol–water partition coefficient (Wildman–Crippen LogP) is 4.70. The molecular formula is C21H19N3O2S. The summed E-state index contributed by atoms with van der Waals surface area (Å²) in [6, 6.07) is 16.1. The van der Waals surface area contributed by atoms with E-state index in [2.05, 4.69) is 33.7 Å². The van der Waals surface area contributed by atoms with Crippen LogP contribution in [-0.2, 0) is 4.74 Å². The second kappa shape index (κ2) is 6.79. The van der Waals surface area contributed by atoms with Gasteiger partial charge in [-0.05, 0) is 55.0 Å². The Morgan fingerprint density at radius 2 is 2.11 bits per heavy atom. The summed E-state index contributed by atoms with van der Waals surface area (Å²) in [7, 11) is 0. The van der Waals surface area contributed by atoms with Gasteiger partial charge in [0.1, 0.15) is 11.9 Å². The first-order valence-electron chi connectivity index (χ1n) is 9.17. The number of carbonyl (C=O) groups excluding carboxylic acids is 1. The zero-order chi connectivity index (χ0) is 18.2. The van der Waals surface area contributed by atoms with E-state index in [9.17, 15) is 4.79 Å². The second-order valence-electron chi connectivity index (χ2n) is 6.81. The highest BCUT2D eigenvalue weighted by atomic mass is 32.1. The first kappa shape index (κ1) is 16.5. The van der Waals surface area contributed by atoms with Gasteiger partial charge in [-0.25, -0.2) is 0 Å². The van der Waals surface area contributed by atoms with Gasteiger partial charge in [-0.2, -0.15) is 5.10 Å². The standard InChI is InChI=1S/C21H19N3O2S/c25-21(22-19-7-3-4-10-26-19)14-8-9-16-15(11-14)20(24-23-16)18-12-13-5-1-2-6-17(13)27-18/h1-2,5-6,8-9,11-12,19H,3-4,7,10H2,(H,22,25)(H,23,24). The van der Waals surface area contributed by atoms with Crippen molar-refractivity contribution in [2.24, 2.45) is 0 Å². The van der Waals surface area contributed by atoms with Gasteiger partial charge >= 0.3 is 0 Å². The van der Waals surface area contributed by atoms with Crippen LogP contribution in [0, 0.1) is 0 Å². The third-order valence-corrected chi connectivity index (χ3v) is 6.08. The number of hydrogen-bond donors (Lipinski definition) is 2. The number of H-pyrrole nitrogens is 1. The van der Waals surface area contributed by atoms with E-state index in [0.717, 1.165) is 40.7 Å². The highest BCUT2D eigenvalue weighted by molar-refractivity contribution is 7.22. The van der Waals surface area contributed by atoms with E-state index in [0.29, 0.717) is 12.2 Å². The summed E-state index contributed by atoms with van der Waals surface area (Å²) >= 11 is 1.71. The highest BCUT2D eigenvalue weighted by Gasteiger charge is 2.18. The van der Waals surface area contributed by atoms with Crippen LogP contribution in [0.15, 0.2) is 48.5 Å². The van der Waals surface area contributed by atoms with Gasteiger partial charge in [0, 0.05) is 22.3 Å². The van der Waals surface area contributed by atoms with Crippen LogP contribution >= 0.6 is 11.3 Å². The number of benzene rings is 2. The maximum atomic E-state index is 12.6. The minimum absolute atomic E-state index is 0.104. The Hall–Kier alpha value is -2.70. The lowest BCUT2D eigenvalue weighted by Gasteiger charge is -2.23. The van der Waals surface area contributed by atoms with E-state index in [-0.39, 0.29) is 12.1 Å². The van der Waals surface area contributed by atoms with Crippen molar-refractivity contribution in [2.45, 2.75) is 25.5 Å². The van der Waals surface area contributed by atoms with Crippen molar-refractivity contribution in [3.63, 3.8) is 0 Å². The van der Waals surface area contributed by atoms with Gasteiger partial charge in [0.05, 0.1) is 10.4 Å². The van der Waals surface area contributed by atoms with Gasteiger partial charge in [-0.1, -0.05) is 18.2 Å². The lowest BCUT2D eigenvalue weighted by Crippen LogP contribution is -2.38. The van der Waals surface area contributed by atoms with E-state index in [1.807, 2.05) is 30.3 Å². The molecule has 27 heavy (non-hydrogen) atoms. The highest BCUT2D eigenvalue weighted by Crippen LogP contribution is 2.36. The molecule has 0 aliphatic carbocycles.